The summed E-state index contributed by atoms with van der Waals surface area (Å²) >= 11 is 0. The van der Waals surface area contributed by atoms with Crippen molar-refractivity contribution >= 4 is 16.9 Å². The molecule has 0 saturated carbocycles. The summed E-state index contributed by atoms with van der Waals surface area (Å²) < 4.78 is 17.9. The number of aromatic nitrogens is 1. The molecule has 0 saturated heterocycles. The summed E-state index contributed by atoms with van der Waals surface area (Å²) in [6.45, 7) is 1.84. The molecule has 16 heavy (non-hydrogen) atoms. The van der Waals surface area contributed by atoms with E-state index in [2.05, 4.69) is 9.72 Å². The molecule has 2 aromatic rings. The smallest absolute Gasteiger partial charge is 0.340 e. The number of hydrogen-bond donors (Lipinski definition) is 0. The molecule has 0 radical (unpaired) electrons. The molecule has 0 aliphatic rings. The summed E-state index contributed by atoms with van der Waals surface area (Å²) in [4.78, 5) is 15.5. The molecule has 0 unspecified atom stereocenters. The van der Waals surface area contributed by atoms with Crippen LogP contribution in [-0.4, -0.2) is 18.1 Å². The molecule has 0 fully saturated rings. The number of nitrogens with zero attached hydrogens (tertiary/aromatic N) is 1. The van der Waals surface area contributed by atoms with E-state index in [0.29, 0.717) is 10.9 Å². The lowest BCUT2D eigenvalue weighted by Crippen LogP contribution is -2.04. The minimum Gasteiger partial charge on any atom is -0.465 e. The van der Waals surface area contributed by atoms with Gasteiger partial charge < -0.3 is 4.74 Å². The molecular weight excluding hydrogens is 209 g/mol. The Balaban J connectivity index is 2.83. The molecule has 3 nitrogen and oxygen atoms in total. The van der Waals surface area contributed by atoms with Gasteiger partial charge in [0.05, 0.1) is 18.2 Å². The van der Waals surface area contributed by atoms with E-state index in [0.717, 1.165) is 11.6 Å². The van der Waals surface area contributed by atoms with E-state index in [-0.39, 0.29) is 5.56 Å². The molecular formula is C12H10FNO2. The predicted molar refractivity (Wildman–Crippen MR) is 57.8 cm³/mol. The average Bonchev–Trinajstić information content (AvgIpc) is 2.28. The number of halogens is 1. The zero-order valence-corrected chi connectivity index (χ0v) is 8.95. The van der Waals surface area contributed by atoms with Gasteiger partial charge in [-0.15, -0.1) is 0 Å². The Morgan fingerprint density at radius 1 is 1.44 bits per heavy atom. The number of esters is 1. The Labute approximate surface area is 91.9 Å². The molecule has 1 aromatic heterocycles. The van der Waals surface area contributed by atoms with E-state index in [1.165, 1.54) is 13.2 Å². The van der Waals surface area contributed by atoms with Gasteiger partial charge in [0.1, 0.15) is 5.82 Å². The highest BCUT2D eigenvalue weighted by molar-refractivity contribution is 6.03. The molecule has 82 valence electrons. The minimum absolute atomic E-state index is 0.154. The van der Waals surface area contributed by atoms with Crippen LogP contribution < -0.4 is 0 Å². The van der Waals surface area contributed by atoms with Crippen molar-refractivity contribution in [2.24, 2.45) is 0 Å². The van der Waals surface area contributed by atoms with Crippen LogP contribution in [-0.2, 0) is 4.74 Å². The fourth-order valence-corrected chi connectivity index (χ4v) is 1.62. The molecule has 0 spiro atoms. The second-order valence-electron chi connectivity index (χ2n) is 3.47. The molecule has 0 aliphatic carbocycles. The lowest BCUT2D eigenvalue weighted by molar-refractivity contribution is 0.0602. The van der Waals surface area contributed by atoms with E-state index >= 15 is 0 Å². The van der Waals surface area contributed by atoms with Crippen LogP contribution >= 0.6 is 0 Å². The van der Waals surface area contributed by atoms with E-state index in [9.17, 15) is 9.18 Å². The Kier molecular flexibility index (Phi) is 2.56. The summed E-state index contributed by atoms with van der Waals surface area (Å²) in [5, 5.41) is 0.628. The molecule has 1 aromatic carbocycles. The Hall–Kier alpha value is -1.97. The van der Waals surface area contributed by atoms with Gasteiger partial charge in [-0.3, -0.25) is 4.98 Å². The number of rotatable bonds is 1. The zero-order chi connectivity index (χ0) is 11.7. The summed E-state index contributed by atoms with van der Waals surface area (Å²) in [7, 11) is 1.26. The number of hydrogen-bond acceptors (Lipinski definition) is 3. The first-order valence-electron chi connectivity index (χ1n) is 4.76. The largest absolute Gasteiger partial charge is 0.465 e. The van der Waals surface area contributed by atoms with Crippen LogP contribution in [0.1, 0.15) is 15.9 Å². The van der Waals surface area contributed by atoms with Gasteiger partial charge in [0.15, 0.2) is 0 Å². The molecule has 2 rings (SSSR count). The fourth-order valence-electron chi connectivity index (χ4n) is 1.62. The maximum atomic E-state index is 13.3. The average molecular weight is 219 g/mol. The van der Waals surface area contributed by atoms with Gasteiger partial charge >= 0.3 is 5.97 Å². The third kappa shape index (κ3) is 1.62. The van der Waals surface area contributed by atoms with Crippen molar-refractivity contribution in [1.29, 1.82) is 0 Å². The van der Waals surface area contributed by atoms with Crippen molar-refractivity contribution in [3.8, 4) is 0 Å². The fraction of sp³-hybridized carbons (Fsp3) is 0.167. The summed E-state index contributed by atoms with van der Waals surface area (Å²) in [6, 6.07) is 4.27. The highest BCUT2D eigenvalue weighted by Gasteiger charge is 2.14. The quantitative estimate of drug-likeness (QED) is 0.691. The first-order chi connectivity index (χ1) is 7.63. The van der Waals surface area contributed by atoms with Crippen molar-refractivity contribution in [2.75, 3.05) is 7.11 Å². The molecule has 1 heterocycles. The third-order valence-electron chi connectivity index (χ3n) is 2.43. The number of methoxy groups -OCH3 is 1. The summed E-state index contributed by atoms with van der Waals surface area (Å²) in [5.41, 5.74) is 1.49. The van der Waals surface area contributed by atoms with Crippen LogP contribution in [0.15, 0.2) is 24.4 Å². The highest BCUT2D eigenvalue weighted by Crippen LogP contribution is 2.22. The van der Waals surface area contributed by atoms with Crippen molar-refractivity contribution < 1.29 is 13.9 Å². The van der Waals surface area contributed by atoms with Crippen molar-refractivity contribution in [3.05, 3.63) is 41.3 Å². The topological polar surface area (TPSA) is 39.2 Å². The molecule has 0 N–H and O–H groups in total. The van der Waals surface area contributed by atoms with E-state index in [1.54, 1.807) is 12.3 Å². The lowest BCUT2D eigenvalue weighted by Gasteiger charge is -2.06. The SMILES string of the molecule is COC(=O)c1cc(F)cc2c(C)ccnc12. The van der Waals surface area contributed by atoms with Gasteiger partial charge in [0, 0.05) is 11.6 Å². The number of benzene rings is 1. The van der Waals surface area contributed by atoms with Gasteiger partial charge in [-0.25, -0.2) is 9.18 Å². The molecule has 0 bridgehead atoms. The van der Waals surface area contributed by atoms with Gasteiger partial charge in [-0.1, -0.05) is 0 Å². The Morgan fingerprint density at radius 3 is 2.88 bits per heavy atom. The summed E-state index contributed by atoms with van der Waals surface area (Å²) in [5.74, 6) is -1.05. The Bertz CT molecular complexity index is 566. The second-order valence-corrected chi connectivity index (χ2v) is 3.47. The van der Waals surface area contributed by atoms with Gasteiger partial charge in [0.25, 0.3) is 0 Å². The number of ether oxygens (including phenoxy) is 1. The molecule has 0 atom stereocenters. The van der Waals surface area contributed by atoms with Gasteiger partial charge in [-0.05, 0) is 30.7 Å². The number of aryl methyl sites for hydroxylation is 1. The molecule has 4 heteroatoms. The second kappa shape index (κ2) is 3.89. The number of carbonyl (C=O) groups is 1. The summed E-state index contributed by atoms with van der Waals surface area (Å²) in [6.07, 6.45) is 1.59. The normalized spacial score (nSPS) is 10.4. The van der Waals surface area contributed by atoms with Gasteiger partial charge in [-0.2, -0.15) is 0 Å². The van der Waals surface area contributed by atoms with Crippen molar-refractivity contribution in [3.63, 3.8) is 0 Å². The minimum atomic E-state index is -0.581. The van der Waals surface area contributed by atoms with Crippen LogP contribution in [0.5, 0.6) is 0 Å². The van der Waals surface area contributed by atoms with E-state index in [4.69, 9.17) is 0 Å². The van der Waals surface area contributed by atoms with Crippen LogP contribution in [0.3, 0.4) is 0 Å². The lowest BCUT2D eigenvalue weighted by atomic mass is 10.1. The number of carbonyl (C=O) groups excluding carboxylic acids is 1. The molecule has 0 aliphatic heterocycles. The van der Waals surface area contributed by atoms with Crippen LogP contribution in [0, 0.1) is 12.7 Å². The monoisotopic (exact) mass is 219 g/mol. The standard InChI is InChI=1S/C12H10FNO2/c1-7-3-4-14-11-9(7)5-8(13)6-10(11)12(15)16-2/h3-6H,1-2H3. The predicted octanol–water partition coefficient (Wildman–Crippen LogP) is 2.47. The number of fused-ring (bicyclic) bond motifs is 1. The maximum Gasteiger partial charge on any atom is 0.340 e. The first-order valence-corrected chi connectivity index (χ1v) is 4.76. The van der Waals surface area contributed by atoms with Crippen LogP contribution in [0.4, 0.5) is 4.39 Å². The van der Waals surface area contributed by atoms with Gasteiger partial charge in [0.2, 0.25) is 0 Å². The van der Waals surface area contributed by atoms with Crippen molar-refractivity contribution in [1.82, 2.24) is 4.98 Å². The molecule has 0 amide bonds. The Morgan fingerprint density at radius 2 is 2.19 bits per heavy atom. The third-order valence-corrected chi connectivity index (χ3v) is 2.43. The first kappa shape index (κ1) is 10.5. The van der Waals surface area contributed by atoms with E-state index < -0.39 is 11.8 Å². The highest BCUT2D eigenvalue weighted by atomic mass is 19.1. The van der Waals surface area contributed by atoms with Crippen molar-refractivity contribution in [2.45, 2.75) is 6.92 Å². The van der Waals surface area contributed by atoms with Crippen LogP contribution in [0.25, 0.3) is 10.9 Å². The number of pyridine rings is 1. The van der Waals surface area contributed by atoms with Crippen LogP contribution in [0.2, 0.25) is 0 Å². The van der Waals surface area contributed by atoms with E-state index in [1.807, 2.05) is 6.92 Å². The maximum absolute atomic E-state index is 13.3. The zero-order valence-electron chi connectivity index (χ0n) is 8.95.